The van der Waals surface area contributed by atoms with E-state index in [0.717, 1.165) is 0 Å². The summed E-state index contributed by atoms with van der Waals surface area (Å²) >= 11 is 0. The van der Waals surface area contributed by atoms with Gasteiger partial charge in [-0.2, -0.15) is 4.98 Å². The van der Waals surface area contributed by atoms with Crippen LogP contribution >= 0.6 is 0 Å². The molecule has 2 rings (SSSR count). The number of nitrogen functional groups attached to an aromatic ring is 1. The fourth-order valence-electron chi connectivity index (χ4n) is 1.46. The van der Waals surface area contributed by atoms with Gasteiger partial charge in [-0.1, -0.05) is 5.16 Å². The molecule has 0 unspecified atom stereocenters. The lowest BCUT2D eigenvalue weighted by Crippen LogP contribution is -2.26. The van der Waals surface area contributed by atoms with Crippen LogP contribution in [0.4, 0.5) is 5.69 Å². The van der Waals surface area contributed by atoms with Gasteiger partial charge in [0.15, 0.2) is 5.82 Å². The van der Waals surface area contributed by atoms with E-state index in [2.05, 4.69) is 25.9 Å². The van der Waals surface area contributed by atoms with Crippen molar-refractivity contribution in [2.24, 2.45) is 5.84 Å². The highest BCUT2D eigenvalue weighted by molar-refractivity contribution is 5.93. The van der Waals surface area contributed by atoms with E-state index in [0.29, 0.717) is 30.4 Å². The molecule has 8 nitrogen and oxygen atoms in total. The van der Waals surface area contributed by atoms with E-state index in [4.69, 9.17) is 10.4 Å². The third-order valence-electron chi connectivity index (χ3n) is 2.35. The molecule has 2 heterocycles. The number of nitrogens with zero attached hydrogens (tertiary/aromatic N) is 3. The molecular formula is C11H14N6O2. The Morgan fingerprint density at radius 3 is 3.05 bits per heavy atom. The van der Waals surface area contributed by atoms with Gasteiger partial charge in [0.1, 0.15) is 5.69 Å². The van der Waals surface area contributed by atoms with Gasteiger partial charge >= 0.3 is 0 Å². The molecule has 0 aromatic carbocycles. The lowest BCUT2D eigenvalue weighted by Gasteiger charge is -2.04. The first-order valence-electron chi connectivity index (χ1n) is 5.69. The van der Waals surface area contributed by atoms with Crippen molar-refractivity contribution in [3.63, 3.8) is 0 Å². The Bertz CT molecular complexity index is 568. The summed E-state index contributed by atoms with van der Waals surface area (Å²) in [6.07, 6.45) is 1.98. The predicted octanol–water partition coefficient (Wildman–Crippen LogP) is 0.0311. The zero-order valence-electron chi connectivity index (χ0n) is 10.4. The molecule has 4 N–H and O–H groups in total. The zero-order chi connectivity index (χ0) is 13.7. The molecule has 8 heteroatoms. The number of amides is 1. The van der Waals surface area contributed by atoms with Gasteiger partial charge in [0.05, 0.1) is 5.69 Å². The van der Waals surface area contributed by atoms with E-state index in [-0.39, 0.29) is 11.6 Å². The smallest absolute Gasteiger partial charge is 0.269 e. The van der Waals surface area contributed by atoms with Crippen LogP contribution in [0.1, 0.15) is 22.2 Å². The maximum Gasteiger partial charge on any atom is 0.269 e. The van der Waals surface area contributed by atoms with Gasteiger partial charge in [-0.25, -0.2) is 0 Å². The van der Waals surface area contributed by atoms with Gasteiger partial charge < -0.3 is 15.3 Å². The van der Waals surface area contributed by atoms with Crippen molar-refractivity contribution < 1.29 is 9.32 Å². The number of hydrogen-bond acceptors (Lipinski definition) is 7. The molecule has 1 amide bonds. The van der Waals surface area contributed by atoms with Crippen molar-refractivity contribution >= 4 is 11.6 Å². The predicted molar refractivity (Wildman–Crippen MR) is 67.1 cm³/mol. The summed E-state index contributed by atoms with van der Waals surface area (Å²) in [4.78, 5) is 19.8. The highest BCUT2D eigenvalue weighted by Crippen LogP contribution is 2.05. The minimum absolute atomic E-state index is 0.284. The van der Waals surface area contributed by atoms with Crippen LogP contribution in [-0.4, -0.2) is 27.6 Å². The number of nitrogens with two attached hydrogens (primary N) is 1. The zero-order valence-corrected chi connectivity index (χ0v) is 10.4. The Balaban J connectivity index is 1.87. The number of hydrogen-bond donors (Lipinski definition) is 3. The fraction of sp³-hybridized carbons (Fsp3) is 0.273. The third kappa shape index (κ3) is 3.49. The second-order valence-corrected chi connectivity index (χ2v) is 3.82. The molecule has 0 aliphatic heterocycles. The second kappa shape index (κ2) is 5.91. The van der Waals surface area contributed by atoms with Gasteiger partial charge in [-0.3, -0.25) is 15.6 Å². The van der Waals surface area contributed by atoms with E-state index in [1.165, 1.54) is 6.20 Å². The van der Waals surface area contributed by atoms with Gasteiger partial charge in [0.25, 0.3) is 5.91 Å². The first kappa shape index (κ1) is 13.0. The van der Waals surface area contributed by atoms with E-state index >= 15 is 0 Å². The van der Waals surface area contributed by atoms with Crippen molar-refractivity contribution in [2.45, 2.75) is 13.3 Å². The molecule has 0 saturated heterocycles. The normalized spacial score (nSPS) is 10.2. The van der Waals surface area contributed by atoms with Crippen LogP contribution in [0.3, 0.4) is 0 Å². The molecule has 0 bridgehead atoms. The number of aromatic nitrogens is 3. The fourth-order valence-corrected chi connectivity index (χ4v) is 1.46. The quantitative estimate of drug-likeness (QED) is 0.513. The standard InChI is InChI=1S/C11H14N6O2/c1-7-15-10(19-17-7)3-5-14-11(18)9-6-8(16-12)2-4-13-9/h2,4,6H,3,5,12H2,1H3,(H,13,16)(H,14,18). The van der Waals surface area contributed by atoms with Crippen molar-refractivity contribution in [1.82, 2.24) is 20.4 Å². The summed E-state index contributed by atoms with van der Waals surface area (Å²) in [5.74, 6) is 6.04. The number of anilines is 1. The van der Waals surface area contributed by atoms with Crippen molar-refractivity contribution in [3.05, 3.63) is 35.7 Å². The summed E-state index contributed by atoms with van der Waals surface area (Å²) < 4.78 is 4.93. The molecule has 0 spiro atoms. The average molecular weight is 262 g/mol. The van der Waals surface area contributed by atoms with Crippen LogP contribution in [0.2, 0.25) is 0 Å². The number of rotatable bonds is 5. The minimum atomic E-state index is -0.284. The molecule has 0 radical (unpaired) electrons. The first-order chi connectivity index (χ1) is 9.19. The highest BCUT2D eigenvalue weighted by Gasteiger charge is 2.08. The molecule has 2 aromatic rings. The number of carbonyl (C=O) groups excluding carboxylic acids is 1. The van der Waals surface area contributed by atoms with Gasteiger partial charge in [-0.15, -0.1) is 0 Å². The Morgan fingerprint density at radius 2 is 2.37 bits per heavy atom. The SMILES string of the molecule is Cc1noc(CCNC(=O)c2cc(NN)ccn2)n1. The molecule has 2 aromatic heterocycles. The van der Waals surface area contributed by atoms with Gasteiger partial charge in [0.2, 0.25) is 5.89 Å². The van der Waals surface area contributed by atoms with Gasteiger partial charge in [0, 0.05) is 19.2 Å². The number of aryl methyl sites for hydroxylation is 1. The van der Waals surface area contributed by atoms with Crippen molar-refractivity contribution in [3.8, 4) is 0 Å². The molecule has 0 atom stereocenters. The summed E-state index contributed by atoms with van der Waals surface area (Å²) in [7, 11) is 0. The van der Waals surface area contributed by atoms with Crippen LogP contribution in [0.25, 0.3) is 0 Å². The number of carbonyl (C=O) groups is 1. The molecule has 0 fully saturated rings. The average Bonchev–Trinajstić information content (AvgIpc) is 2.84. The highest BCUT2D eigenvalue weighted by atomic mass is 16.5. The van der Waals surface area contributed by atoms with Crippen molar-refractivity contribution in [2.75, 3.05) is 12.0 Å². The number of hydrazine groups is 1. The maximum atomic E-state index is 11.8. The van der Waals surface area contributed by atoms with Crippen LogP contribution < -0.4 is 16.6 Å². The second-order valence-electron chi connectivity index (χ2n) is 3.82. The molecule has 0 saturated carbocycles. The van der Waals surface area contributed by atoms with E-state index in [1.54, 1.807) is 19.1 Å². The minimum Gasteiger partial charge on any atom is -0.350 e. The lowest BCUT2D eigenvalue weighted by atomic mass is 10.3. The van der Waals surface area contributed by atoms with Crippen LogP contribution in [0, 0.1) is 6.92 Å². The number of pyridine rings is 1. The van der Waals surface area contributed by atoms with E-state index < -0.39 is 0 Å². The van der Waals surface area contributed by atoms with Crippen molar-refractivity contribution in [1.29, 1.82) is 0 Å². The van der Waals surface area contributed by atoms with Crippen LogP contribution in [0.5, 0.6) is 0 Å². The Kier molecular flexibility index (Phi) is 4.04. The molecule has 19 heavy (non-hydrogen) atoms. The van der Waals surface area contributed by atoms with E-state index in [9.17, 15) is 4.79 Å². The summed E-state index contributed by atoms with van der Waals surface area (Å²) in [5.41, 5.74) is 3.36. The van der Waals surface area contributed by atoms with Crippen LogP contribution in [-0.2, 0) is 6.42 Å². The topological polar surface area (TPSA) is 119 Å². The number of nitrogens with one attached hydrogen (secondary N) is 2. The molecule has 100 valence electrons. The first-order valence-corrected chi connectivity index (χ1v) is 5.69. The summed E-state index contributed by atoms with van der Waals surface area (Å²) in [6, 6.07) is 3.23. The summed E-state index contributed by atoms with van der Waals surface area (Å²) in [5, 5.41) is 6.37. The Labute approximate surface area is 109 Å². The molecule has 0 aliphatic carbocycles. The molecule has 0 aliphatic rings. The lowest BCUT2D eigenvalue weighted by molar-refractivity contribution is 0.0948. The van der Waals surface area contributed by atoms with Gasteiger partial charge in [-0.05, 0) is 19.1 Å². The largest absolute Gasteiger partial charge is 0.350 e. The monoisotopic (exact) mass is 262 g/mol. The van der Waals surface area contributed by atoms with E-state index in [1.807, 2.05) is 0 Å². The Hall–Kier alpha value is -2.48. The van der Waals surface area contributed by atoms with Crippen LogP contribution in [0.15, 0.2) is 22.9 Å². The maximum absolute atomic E-state index is 11.8. The Morgan fingerprint density at radius 1 is 1.53 bits per heavy atom. The molecular weight excluding hydrogens is 248 g/mol. The third-order valence-corrected chi connectivity index (χ3v) is 2.35. The summed E-state index contributed by atoms with van der Waals surface area (Å²) in [6.45, 7) is 2.13.